The van der Waals surface area contributed by atoms with E-state index in [0.29, 0.717) is 12.5 Å². The van der Waals surface area contributed by atoms with Gasteiger partial charge in [0.25, 0.3) is 0 Å². The van der Waals surface area contributed by atoms with Crippen molar-refractivity contribution in [2.24, 2.45) is 10.9 Å². The predicted molar refractivity (Wildman–Crippen MR) is 83.2 cm³/mol. The summed E-state index contributed by atoms with van der Waals surface area (Å²) in [7, 11) is 0. The molecule has 3 rings (SSSR count). The molecule has 1 aliphatic carbocycles. The number of fused-ring (bicyclic) bond motifs is 1. The van der Waals surface area contributed by atoms with Gasteiger partial charge in [-0.1, -0.05) is 29.4 Å². The molecule has 0 radical (unpaired) electrons. The van der Waals surface area contributed by atoms with Crippen LogP contribution in [-0.2, 0) is 6.54 Å². The Kier molecular flexibility index (Phi) is 4.01. The number of rotatable bonds is 6. The van der Waals surface area contributed by atoms with E-state index in [1.54, 1.807) is 0 Å². The average molecular weight is 284 g/mol. The minimum absolute atomic E-state index is 0.289. The summed E-state index contributed by atoms with van der Waals surface area (Å²) in [5.41, 5.74) is 7.89. The first-order chi connectivity index (χ1) is 10.3. The van der Waals surface area contributed by atoms with Crippen LogP contribution in [0.15, 0.2) is 41.7 Å². The third kappa shape index (κ3) is 3.31. The molecule has 1 saturated carbocycles. The summed E-state index contributed by atoms with van der Waals surface area (Å²) in [6.07, 6.45) is 4.89. The van der Waals surface area contributed by atoms with Gasteiger partial charge in [0.15, 0.2) is 0 Å². The molecule has 0 spiro atoms. The van der Waals surface area contributed by atoms with E-state index >= 15 is 0 Å². The number of hydrogen-bond acceptors (Lipinski definition) is 4. The molecule has 2 aromatic rings. The van der Waals surface area contributed by atoms with Gasteiger partial charge in [-0.2, -0.15) is 0 Å². The average Bonchev–Trinajstić information content (AvgIpc) is 3.36. The van der Waals surface area contributed by atoms with Crippen LogP contribution in [0.5, 0.6) is 0 Å². The Labute approximate surface area is 124 Å². The van der Waals surface area contributed by atoms with E-state index in [2.05, 4.69) is 39.3 Å². The van der Waals surface area contributed by atoms with Crippen LogP contribution < -0.4 is 5.73 Å². The predicted octanol–water partition coefficient (Wildman–Crippen LogP) is 2.34. The molecular weight excluding hydrogens is 264 g/mol. The van der Waals surface area contributed by atoms with E-state index in [0.717, 1.165) is 18.6 Å². The van der Waals surface area contributed by atoms with Gasteiger partial charge in [-0.05, 0) is 24.5 Å². The number of aromatic nitrogens is 1. The fraction of sp³-hybridized carbons (Fsp3) is 0.375. The number of nitrogens with two attached hydrogens (primary N) is 1. The number of nitrogens with zero attached hydrogens (tertiary/aromatic N) is 3. The van der Waals surface area contributed by atoms with E-state index in [1.165, 1.54) is 23.8 Å². The molecule has 5 nitrogen and oxygen atoms in total. The lowest BCUT2D eigenvalue weighted by atomic mass is 10.1. The molecule has 0 amide bonds. The highest BCUT2D eigenvalue weighted by Crippen LogP contribution is 2.29. The SMILES string of the molecule is NC(CCN(Cc1cccc2cccnc12)C1CC1)=NO. The molecule has 5 heteroatoms. The number of pyridine rings is 1. The van der Waals surface area contributed by atoms with Crippen LogP contribution in [0.2, 0.25) is 0 Å². The van der Waals surface area contributed by atoms with Crippen molar-refractivity contribution in [3.05, 3.63) is 42.1 Å². The molecule has 1 aliphatic rings. The van der Waals surface area contributed by atoms with Crippen LogP contribution >= 0.6 is 0 Å². The van der Waals surface area contributed by atoms with Crippen LogP contribution in [0, 0.1) is 0 Å². The summed E-state index contributed by atoms with van der Waals surface area (Å²) in [5.74, 6) is 0.289. The Morgan fingerprint density at radius 3 is 2.90 bits per heavy atom. The summed E-state index contributed by atoms with van der Waals surface area (Å²) < 4.78 is 0. The van der Waals surface area contributed by atoms with E-state index in [-0.39, 0.29) is 5.84 Å². The minimum atomic E-state index is 0.289. The Hall–Kier alpha value is -2.14. The van der Waals surface area contributed by atoms with Gasteiger partial charge in [0, 0.05) is 37.1 Å². The van der Waals surface area contributed by atoms with Crippen LogP contribution in [0.1, 0.15) is 24.8 Å². The number of para-hydroxylation sites is 1. The van der Waals surface area contributed by atoms with Crippen molar-refractivity contribution in [3.63, 3.8) is 0 Å². The van der Waals surface area contributed by atoms with Crippen molar-refractivity contribution in [2.75, 3.05) is 6.54 Å². The molecule has 0 atom stereocenters. The van der Waals surface area contributed by atoms with Crippen molar-refractivity contribution in [1.29, 1.82) is 0 Å². The minimum Gasteiger partial charge on any atom is -0.409 e. The summed E-state index contributed by atoms with van der Waals surface area (Å²) in [6, 6.07) is 11.0. The zero-order valence-electron chi connectivity index (χ0n) is 11.9. The van der Waals surface area contributed by atoms with Crippen LogP contribution in [0.25, 0.3) is 10.9 Å². The first-order valence-corrected chi connectivity index (χ1v) is 7.31. The second-order valence-electron chi connectivity index (χ2n) is 5.54. The lowest BCUT2D eigenvalue weighted by molar-refractivity contribution is 0.260. The van der Waals surface area contributed by atoms with Crippen LogP contribution in [0.4, 0.5) is 0 Å². The third-order valence-corrected chi connectivity index (χ3v) is 3.94. The fourth-order valence-corrected chi connectivity index (χ4v) is 2.65. The molecule has 21 heavy (non-hydrogen) atoms. The van der Waals surface area contributed by atoms with Gasteiger partial charge < -0.3 is 10.9 Å². The monoisotopic (exact) mass is 284 g/mol. The summed E-state index contributed by atoms with van der Waals surface area (Å²) in [6.45, 7) is 1.67. The molecule has 0 saturated heterocycles. The lowest BCUT2D eigenvalue weighted by Gasteiger charge is -2.22. The zero-order valence-corrected chi connectivity index (χ0v) is 11.9. The Morgan fingerprint density at radius 2 is 2.14 bits per heavy atom. The summed E-state index contributed by atoms with van der Waals surface area (Å²) >= 11 is 0. The Balaban J connectivity index is 1.78. The van der Waals surface area contributed by atoms with Gasteiger partial charge in [-0.25, -0.2) is 0 Å². The van der Waals surface area contributed by atoms with E-state index in [9.17, 15) is 0 Å². The standard InChI is InChI=1S/C16H20N4O/c17-15(19-21)8-10-20(14-6-7-14)11-13-4-1-3-12-5-2-9-18-16(12)13/h1-5,9,14,21H,6-8,10-11H2,(H2,17,19). The molecule has 110 valence electrons. The summed E-state index contributed by atoms with van der Waals surface area (Å²) in [4.78, 5) is 6.91. The number of benzene rings is 1. The second kappa shape index (κ2) is 6.10. The molecule has 1 heterocycles. The maximum absolute atomic E-state index is 8.67. The quantitative estimate of drug-likeness (QED) is 0.369. The maximum Gasteiger partial charge on any atom is 0.140 e. The largest absolute Gasteiger partial charge is 0.409 e. The Bertz CT molecular complexity index is 646. The topological polar surface area (TPSA) is 74.7 Å². The van der Waals surface area contributed by atoms with Gasteiger partial charge >= 0.3 is 0 Å². The normalized spacial score (nSPS) is 15.8. The first-order valence-electron chi connectivity index (χ1n) is 7.31. The number of amidine groups is 1. The molecule has 1 aromatic heterocycles. The highest BCUT2D eigenvalue weighted by atomic mass is 16.4. The number of oxime groups is 1. The lowest BCUT2D eigenvalue weighted by Crippen LogP contribution is -2.30. The second-order valence-corrected chi connectivity index (χ2v) is 5.54. The Morgan fingerprint density at radius 1 is 1.33 bits per heavy atom. The van der Waals surface area contributed by atoms with Gasteiger partial charge in [-0.3, -0.25) is 9.88 Å². The van der Waals surface area contributed by atoms with Crippen LogP contribution in [0.3, 0.4) is 0 Å². The first kappa shape index (κ1) is 13.8. The van der Waals surface area contributed by atoms with Gasteiger partial charge in [0.2, 0.25) is 0 Å². The zero-order chi connectivity index (χ0) is 14.7. The van der Waals surface area contributed by atoms with Crippen molar-refractivity contribution in [1.82, 2.24) is 9.88 Å². The molecule has 1 fully saturated rings. The highest BCUT2D eigenvalue weighted by Gasteiger charge is 2.29. The number of hydrogen-bond donors (Lipinski definition) is 2. The maximum atomic E-state index is 8.67. The van der Waals surface area contributed by atoms with E-state index in [1.807, 2.05) is 12.3 Å². The third-order valence-electron chi connectivity index (χ3n) is 3.94. The van der Waals surface area contributed by atoms with Crippen molar-refractivity contribution in [2.45, 2.75) is 31.8 Å². The van der Waals surface area contributed by atoms with E-state index in [4.69, 9.17) is 10.9 Å². The molecule has 0 aliphatic heterocycles. The highest BCUT2D eigenvalue weighted by molar-refractivity contribution is 5.81. The molecular formula is C16H20N4O. The van der Waals surface area contributed by atoms with Crippen molar-refractivity contribution >= 4 is 16.7 Å². The van der Waals surface area contributed by atoms with Crippen molar-refractivity contribution in [3.8, 4) is 0 Å². The smallest absolute Gasteiger partial charge is 0.140 e. The van der Waals surface area contributed by atoms with Gasteiger partial charge in [0.1, 0.15) is 5.84 Å². The van der Waals surface area contributed by atoms with E-state index < -0.39 is 0 Å². The van der Waals surface area contributed by atoms with Crippen molar-refractivity contribution < 1.29 is 5.21 Å². The van der Waals surface area contributed by atoms with Gasteiger partial charge in [0.05, 0.1) is 5.52 Å². The van der Waals surface area contributed by atoms with Crippen LogP contribution in [-0.4, -0.2) is 33.5 Å². The fourth-order valence-electron chi connectivity index (χ4n) is 2.65. The summed E-state index contributed by atoms with van der Waals surface area (Å²) in [5, 5.41) is 12.9. The molecule has 0 bridgehead atoms. The molecule has 3 N–H and O–H groups in total. The molecule has 0 unspecified atom stereocenters. The molecule has 1 aromatic carbocycles. The van der Waals surface area contributed by atoms with Gasteiger partial charge in [-0.15, -0.1) is 0 Å².